The first kappa shape index (κ1) is 20.7. The first-order valence-electron chi connectivity index (χ1n) is 10.1. The molecular weight excluding hydrogens is 396 g/mol. The molecule has 7 nitrogen and oxygen atoms in total. The van der Waals surface area contributed by atoms with Gasteiger partial charge in [0.15, 0.2) is 0 Å². The maximum Gasteiger partial charge on any atom is 0.295 e. The molecule has 0 spiro atoms. The van der Waals surface area contributed by atoms with Crippen LogP contribution < -0.4 is 4.74 Å². The molecule has 1 aliphatic rings. The van der Waals surface area contributed by atoms with Gasteiger partial charge in [-0.2, -0.15) is 0 Å². The minimum Gasteiger partial charge on any atom is -0.507 e. The van der Waals surface area contributed by atoms with E-state index in [2.05, 4.69) is 4.98 Å². The van der Waals surface area contributed by atoms with E-state index in [-0.39, 0.29) is 24.5 Å². The molecular formula is C24H24N2O5. The number of nitrogens with one attached hydrogen (secondary N) is 1. The second kappa shape index (κ2) is 8.65. The van der Waals surface area contributed by atoms with Crippen molar-refractivity contribution >= 4 is 28.4 Å². The van der Waals surface area contributed by atoms with Gasteiger partial charge < -0.3 is 24.5 Å². The standard InChI is InChI=1S/C24H24N2O5/c1-3-31-16-10-8-15(9-11-16)22(27)20-21(26(12-13-30-2)24(29)23(20)28)18-14-25-19-7-5-4-6-17(18)19/h4-11,14,21,25,27H,3,12-13H2,1-2H3/b22-20+. The molecule has 2 aromatic carbocycles. The molecule has 1 aromatic heterocycles. The Morgan fingerprint density at radius 3 is 2.58 bits per heavy atom. The fourth-order valence-electron chi connectivity index (χ4n) is 3.98. The van der Waals surface area contributed by atoms with Crippen molar-refractivity contribution in [3.8, 4) is 5.75 Å². The Kier molecular flexibility index (Phi) is 5.77. The number of aromatic nitrogens is 1. The third-order valence-electron chi connectivity index (χ3n) is 5.43. The number of fused-ring (bicyclic) bond motifs is 1. The van der Waals surface area contributed by atoms with E-state index in [0.717, 1.165) is 16.5 Å². The molecule has 3 aromatic rings. The number of benzene rings is 2. The largest absolute Gasteiger partial charge is 0.507 e. The van der Waals surface area contributed by atoms with Gasteiger partial charge in [0.05, 0.1) is 24.8 Å². The lowest BCUT2D eigenvalue weighted by Gasteiger charge is -2.24. The van der Waals surface area contributed by atoms with Gasteiger partial charge in [-0.05, 0) is 37.3 Å². The summed E-state index contributed by atoms with van der Waals surface area (Å²) in [5, 5.41) is 12.0. The van der Waals surface area contributed by atoms with Gasteiger partial charge in [0.2, 0.25) is 0 Å². The van der Waals surface area contributed by atoms with Crippen LogP contribution in [0.2, 0.25) is 0 Å². The van der Waals surface area contributed by atoms with Crippen LogP contribution in [0.25, 0.3) is 16.7 Å². The summed E-state index contributed by atoms with van der Waals surface area (Å²) < 4.78 is 10.6. The Hall–Kier alpha value is -3.58. The van der Waals surface area contributed by atoms with Crippen molar-refractivity contribution in [2.75, 3.05) is 26.9 Å². The monoisotopic (exact) mass is 420 g/mol. The average Bonchev–Trinajstić information content (AvgIpc) is 3.31. The lowest BCUT2D eigenvalue weighted by atomic mass is 9.95. The SMILES string of the molecule is CCOc1ccc(/C(O)=C2\C(=O)C(=O)N(CCOC)C2c2c[nH]c3ccccc23)cc1. The van der Waals surface area contributed by atoms with E-state index in [0.29, 0.717) is 17.9 Å². The van der Waals surface area contributed by atoms with Crippen LogP contribution in [-0.4, -0.2) is 53.5 Å². The van der Waals surface area contributed by atoms with Crippen LogP contribution in [0.15, 0.2) is 60.3 Å². The van der Waals surface area contributed by atoms with Gasteiger partial charge in [-0.3, -0.25) is 9.59 Å². The Morgan fingerprint density at radius 1 is 1.13 bits per heavy atom. The number of likely N-dealkylation sites (tertiary alicyclic amines) is 1. The quantitative estimate of drug-likeness (QED) is 0.346. The lowest BCUT2D eigenvalue weighted by Crippen LogP contribution is -2.32. The predicted octanol–water partition coefficient (Wildman–Crippen LogP) is 3.63. The second-order valence-electron chi connectivity index (χ2n) is 7.23. The number of methoxy groups -OCH3 is 1. The number of amides is 1. The van der Waals surface area contributed by atoms with Crippen LogP contribution in [0.4, 0.5) is 0 Å². The second-order valence-corrected chi connectivity index (χ2v) is 7.23. The van der Waals surface area contributed by atoms with E-state index < -0.39 is 17.7 Å². The summed E-state index contributed by atoms with van der Waals surface area (Å²) in [7, 11) is 1.54. The van der Waals surface area contributed by atoms with Crippen molar-refractivity contribution in [1.29, 1.82) is 0 Å². The lowest BCUT2D eigenvalue weighted by molar-refractivity contribution is -0.140. The zero-order valence-electron chi connectivity index (χ0n) is 17.4. The van der Waals surface area contributed by atoms with Crippen molar-refractivity contribution in [3.63, 3.8) is 0 Å². The molecule has 7 heteroatoms. The molecule has 0 saturated carbocycles. The molecule has 1 unspecified atom stereocenters. The number of hydrogen-bond acceptors (Lipinski definition) is 5. The summed E-state index contributed by atoms with van der Waals surface area (Å²) in [5.74, 6) is -0.915. The maximum atomic E-state index is 13.0. The van der Waals surface area contributed by atoms with E-state index >= 15 is 0 Å². The number of ketones is 1. The van der Waals surface area contributed by atoms with E-state index in [1.807, 2.05) is 31.2 Å². The number of nitrogens with zero attached hydrogens (tertiary/aromatic N) is 1. The van der Waals surface area contributed by atoms with Crippen molar-refractivity contribution < 1.29 is 24.2 Å². The molecule has 1 atom stereocenters. The van der Waals surface area contributed by atoms with Crippen LogP contribution >= 0.6 is 0 Å². The molecule has 0 radical (unpaired) electrons. The number of H-pyrrole nitrogens is 1. The van der Waals surface area contributed by atoms with Crippen LogP contribution in [-0.2, 0) is 14.3 Å². The molecule has 31 heavy (non-hydrogen) atoms. The van der Waals surface area contributed by atoms with E-state index in [4.69, 9.17) is 9.47 Å². The van der Waals surface area contributed by atoms with Crippen molar-refractivity contribution in [2.45, 2.75) is 13.0 Å². The van der Waals surface area contributed by atoms with Gasteiger partial charge in [-0.1, -0.05) is 18.2 Å². The minimum absolute atomic E-state index is 0.0648. The molecule has 1 saturated heterocycles. The highest BCUT2D eigenvalue weighted by atomic mass is 16.5. The van der Waals surface area contributed by atoms with Crippen LogP contribution in [0.1, 0.15) is 24.1 Å². The van der Waals surface area contributed by atoms with Crippen molar-refractivity contribution in [1.82, 2.24) is 9.88 Å². The normalized spacial score (nSPS) is 18.1. The van der Waals surface area contributed by atoms with Gasteiger partial charge in [-0.15, -0.1) is 0 Å². The number of rotatable bonds is 7. The third kappa shape index (κ3) is 3.68. The molecule has 2 heterocycles. The molecule has 2 N–H and O–H groups in total. The zero-order chi connectivity index (χ0) is 22.0. The van der Waals surface area contributed by atoms with E-state index in [1.165, 1.54) is 12.0 Å². The number of carbonyl (C=O) groups excluding carboxylic acids is 2. The van der Waals surface area contributed by atoms with Crippen molar-refractivity contribution in [2.24, 2.45) is 0 Å². The van der Waals surface area contributed by atoms with Crippen LogP contribution in [0.3, 0.4) is 0 Å². The topological polar surface area (TPSA) is 91.9 Å². The highest BCUT2D eigenvalue weighted by Gasteiger charge is 2.46. The van der Waals surface area contributed by atoms with Crippen molar-refractivity contribution in [3.05, 3.63) is 71.4 Å². The summed E-state index contributed by atoms with van der Waals surface area (Å²) in [6.45, 7) is 2.91. The maximum absolute atomic E-state index is 13.0. The van der Waals surface area contributed by atoms with E-state index in [1.54, 1.807) is 30.5 Å². The molecule has 0 aliphatic carbocycles. The highest BCUT2D eigenvalue weighted by Crippen LogP contribution is 2.41. The first-order valence-corrected chi connectivity index (χ1v) is 10.1. The first-order chi connectivity index (χ1) is 15.1. The minimum atomic E-state index is -0.724. The smallest absolute Gasteiger partial charge is 0.295 e. The Bertz CT molecular complexity index is 1150. The fraction of sp³-hybridized carbons (Fsp3) is 0.250. The summed E-state index contributed by atoms with van der Waals surface area (Å²) in [6.07, 6.45) is 1.78. The summed E-state index contributed by atoms with van der Waals surface area (Å²) in [5.41, 5.74) is 2.14. The number of para-hydroxylation sites is 1. The number of Topliss-reactive ketones (excluding diaryl/α,β-unsaturated/α-hetero) is 1. The van der Waals surface area contributed by atoms with Gasteiger partial charge in [0.1, 0.15) is 11.5 Å². The summed E-state index contributed by atoms with van der Waals surface area (Å²) in [4.78, 5) is 30.6. The molecule has 1 aliphatic heterocycles. The predicted molar refractivity (Wildman–Crippen MR) is 117 cm³/mol. The fourth-order valence-corrected chi connectivity index (χ4v) is 3.98. The molecule has 4 rings (SSSR count). The average molecular weight is 420 g/mol. The number of aromatic amines is 1. The van der Waals surface area contributed by atoms with Gasteiger partial charge in [0.25, 0.3) is 11.7 Å². The molecule has 0 bridgehead atoms. The van der Waals surface area contributed by atoms with Gasteiger partial charge >= 0.3 is 0 Å². The highest BCUT2D eigenvalue weighted by molar-refractivity contribution is 6.46. The summed E-state index contributed by atoms with van der Waals surface area (Å²) >= 11 is 0. The zero-order valence-corrected chi connectivity index (χ0v) is 17.4. The summed E-state index contributed by atoms with van der Waals surface area (Å²) in [6, 6.07) is 13.7. The van der Waals surface area contributed by atoms with Gasteiger partial charge in [0, 0.05) is 41.9 Å². The van der Waals surface area contributed by atoms with E-state index in [9.17, 15) is 14.7 Å². The Morgan fingerprint density at radius 2 is 1.87 bits per heavy atom. The van der Waals surface area contributed by atoms with Crippen LogP contribution in [0, 0.1) is 0 Å². The number of ether oxygens (including phenoxy) is 2. The number of carbonyl (C=O) groups is 2. The molecule has 160 valence electrons. The number of aliphatic hydroxyl groups excluding tert-OH is 1. The Labute approximate surface area is 179 Å². The third-order valence-corrected chi connectivity index (χ3v) is 5.43. The number of hydrogen-bond donors (Lipinski definition) is 2. The molecule has 1 fully saturated rings. The van der Waals surface area contributed by atoms with Gasteiger partial charge in [-0.25, -0.2) is 0 Å². The molecule has 1 amide bonds. The Balaban J connectivity index is 1.86. The number of aliphatic hydroxyl groups is 1. The van der Waals surface area contributed by atoms with Crippen LogP contribution in [0.5, 0.6) is 5.75 Å².